The highest BCUT2D eigenvalue weighted by molar-refractivity contribution is 8.00. The van der Waals surface area contributed by atoms with E-state index in [2.05, 4.69) is 4.98 Å². The number of ether oxygens (including phenoxy) is 1. The predicted molar refractivity (Wildman–Crippen MR) is 84.9 cm³/mol. The van der Waals surface area contributed by atoms with E-state index in [1.807, 2.05) is 12.1 Å². The van der Waals surface area contributed by atoms with Crippen LogP contribution in [0.2, 0.25) is 5.02 Å². The van der Waals surface area contributed by atoms with Crippen LogP contribution < -0.4 is 9.64 Å². The van der Waals surface area contributed by atoms with Crippen molar-refractivity contribution in [2.24, 2.45) is 0 Å². The fraction of sp³-hybridized carbons (Fsp3) is 0.200. The second-order valence-corrected chi connectivity index (χ2v) is 6.03. The molecule has 0 N–H and O–H groups in total. The van der Waals surface area contributed by atoms with Crippen LogP contribution in [0.3, 0.4) is 0 Å². The molecular formula is C15H13ClN2O2S. The number of benzene rings is 1. The van der Waals surface area contributed by atoms with Crippen molar-refractivity contribution < 1.29 is 9.53 Å². The topological polar surface area (TPSA) is 42.4 Å². The Kier molecular flexibility index (Phi) is 4.03. The van der Waals surface area contributed by atoms with Gasteiger partial charge in [0.15, 0.2) is 0 Å². The second-order valence-electron chi connectivity index (χ2n) is 4.53. The summed E-state index contributed by atoms with van der Waals surface area (Å²) in [6.07, 6.45) is 3.50. The lowest BCUT2D eigenvalue weighted by Gasteiger charge is -2.25. The Morgan fingerprint density at radius 1 is 1.43 bits per heavy atom. The van der Waals surface area contributed by atoms with Crippen LogP contribution in [0.5, 0.6) is 5.75 Å². The summed E-state index contributed by atoms with van der Waals surface area (Å²) in [5.74, 6) is 1.09. The van der Waals surface area contributed by atoms with Crippen molar-refractivity contribution in [2.75, 3.05) is 17.8 Å². The summed E-state index contributed by atoms with van der Waals surface area (Å²) < 4.78 is 5.37. The number of rotatable bonds is 3. The third-order valence-corrected chi connectivity index (χ3v) is 4.69. The van der Waals surface area contributed by atoms with E-state index in [1.165, 1.54) is 0 Å². The third-order valence-electron chi connectivity index (χ3n) is 3.24. The highest BCUT2D eigenvalue weighted by Gasteiger charge is 2.35. The minimum atomic E-state index is -0.112. The van der Waals surface area contributed by atoms with Crippen molar-refractivity contribution in [1.82, 2.24) is 4.98 Å². The fourth-order valence-corrected chi connectivity index (χ4v) is 3.62. The standard InChI is InChI=1S/C15H13ClN2O2S/c1-20-13-5-4-11(16)7-12(13)18-14(19)9-21-15(18)10-3-2-6-17-8-10/h2-8,15H,9H2,1H3/t15-/m0/s1. The first-order valence-corrected chi connectivity index (χ1v) is 7.80. The number of aromatic nitrogens is 1. The Morgan fingerprint density at radius 2 is 2.29 bits per heavy atom. The number of halogens is 1. The fourth-order valence-electron chi connectivity index (χ4n) is 2.30. The highest BCUT2D eigenvalue weighted by Crippen LogP contribution is 2.45. The van der Waals surface area contributed by atoms with Crippen molar-refractivity contribution >= 4 is 35.0 Å². The van der Waals surface area contributed by atoms with Gasteiger partial charge < -0.3 is 4.74 Å². The minimum Gasteiger partial charge on any atom is -0.495 e. The van der Waals surface area contributed by atoms with E-state index in [4.69, 9.17) is 16.3 Å². The molecule has 1 saturated heterocycles. The van der Waals surface area contributed by atoms with Gasteiger partial charge in [0.2, 0.25) is 5.91 Å². The first-order valence-electron chi connectivity index (χ1n) is 6.38. The highest BCUT2D eigenvalue weighted by atomic mass is 35.5. The predicted octanol–water partition coefficient (Wildman–Crippen LogP) is 3.52. The van der Waals surface area contributed by atoms with Gasteiger partial charge in [0.25, 0.3) is 0 Å². The summed E-state index contributed by atoms with van der Waals surface area (Å²) in [5, 5.41) is 0.457. The van der Waals surface area contributed by atoms with Crippen LogP contribution in [0, 0.1) is 0 Å². The number of hydrogen-bond donors (Lipinski definition) is 0. The molecule has 21 heavy (non-hydrogen) atoms. The molecule has 4 nitrogen and oxygen atoms in total. The molecule has 1 aromatic carbocycles. The first kappa shape index (κ1) is 14.2. The molecule has 1 amide bonds. The lowest BCUT2D eigenvalue weighted by atomic mass is 10.2. The SMILES string of the molecule is COc1ccc(Cl)cc1N1C(=O)CS[C@H]1c1cccnc1. The van der Waals surface area contributed by atoms with Crippen molar-refractivity contribution in [3.8, 4) is 5.75 Å². The van der Waals surface area contributed by atoms with Crippen LogP contribution in [0.1, 0.15) is 10.9 Å². The smallest absolute Gasteiger partial charge is 0.238 e. The Balaban J connectivity index is 2.06. The first-order chi connectivity index (χ1) is 10.2. The average Bonchev–Trinajstić information content (AvgIpc) is 2.89. The monoisotopic (exact) mass is 320 g/mol. The van der Waals surface area contributed by atoms with Crippen LogP contribution in [-0.2, 0) is 4.79 Å². The number of anilines is 1. The van der Waals surface area contributed by atoms with Gasteiger partial charge in [-0.15, -0.1) is 11.8 Å². The lowest BCUT2D eigenvalue weighted by Crippen LogP contribution is -2.28. The lowest BCUT2D eigenvalue weighted by molar-refractivity contribution is -0.115. The number of amides is 1. The summed E-state index contributed by atoms with van der Waals surface area (Å²) in [6, 6.07) is 9.11. The quantitative estimate of drug-likeness (QED) is 0.867. The number of carbonyl (C=O) groups is 1. The van der Waals surface area contributed by atoms with E-state index in [1.54, 1.807) is 54.4 Å². The number of nitrogens with zero attached hydrogens (tertiary/aromatic N) is 2. The van der Waals surface area contributed by atoms with Crippen LogP contribution >= 0.6 is 23.4 Å². The molecule has 1 atom stereocenters. The molecule has 0 unspecified atom stereocenters. The van der Waals surface area contributed by atoms with E-state index >= 15 is 0 Å². The van der Waals surface area contributed by atoms with Crippen LogP contribution in [-0.4, -0.2) is 23.8 Å². The van der Waals surface area contributed by atoms with Gasteiger partial charge in [-0.1, -0.05) is 17.7 Å². The number of carbonyl (C=O) groups excluding carboxylic acids is 1. The third kappa shape index (κ3) is 2.71. The van der Waals surface area contributed by atoms with E-state index in [-0.39, 0.29) is 11.3 Å². The van der Waals surface area contributed by atoms with E-state index in [0.717, 1.165) is 5.56 Å². The van der Waals surface area contributed by atoms with Crippen molar-refractivity contribution in [2.45, 2.75) is 5.37 Å². The summed E-state index contributed by atoms with van der Waals surface area (Å²) in [5.41, 5.74) is 1.67. The summed E-state index contributed by atoms with van der Waals surface area (Å²) in [7, 11) is 1.58. The summed E-state index contributed by atoms with van der Waals surface area (Å²) in [6.45, 7) is 0. The molecule has 0 radical (unpaired) electrons. The van der Waals surface area contributed by atoms with Crippen LogP contribution in [0.4, 0.5) is 5.69 Å². The zero-order chi connectivity index (χ0) is 14.8. The molecule has 3 rings (SSSR count). The largest absolute Gasteiger partial charge is 0.495 e. The van der Waals surface area contributed by atoms with Gasteiger partial charge in [-0.2, -0.15) is 0 Å². The van der Waals surface area contributed by atoms with Crippen LogP contribution in [0.15, 0.2) is 42.7 Å². The molecule has 0 spiro atoms. The van der Waals surface area contributed by atoms with E-state index in [9.17, 15) is 4.79 Å². The maximum Gasteiger partial charge on any atom is 0.238 e. The van der Waals surface area contributed by atoms with Crippen molar-refractivity contribution in [1.29, 1.82) is 0 Å². The van der Waals surface area contributed by atoms with Gasteiger partial charge in [0.1, 0.15) is 11.1 Å². The molecule has 2 heterocycles. The maximum absolute atomic E-state index is 12.3. The van der Waals surface area contributed by atoms with E-state index in [0.29, 0.717) is 22.2 Å². The Hall–Kier alpha value is -1.72. The summed E-state index contributed by atoms with van der Waals surface area (Å²) >= 11 is 7.65. The number of thioether (sulfide) groups is 1. The molecular weight excluding hydrogens is 308 g/mol. The Bertz CT molecular complexity index is 666. The molecule has 1 aromatic heterocycles. The van der Waals surface area contributed by atoms with Gasteiger partial charge in [-0.05, 0) is 24.3 Å². The normalized spacial score (nSPS) is 18.1. The average molecular weight is 321 g/mol. The zero-order valence-electron chi connectivity index (χ0n) is 11.3. The molecule has 0 saturated carbocycles. The van der Waals surface area contributed by atoms with Crippen molar-refractivity contribution in [3.05, 3.63) is 53.3 Å². The Morgan fingerprint density at radius 3 is 3.00 bits per heavy atom. The maximum atomic E-state index is 12.3. The van der Waals surface area contributed by atoms with Gasteiger partial charge >= 0.3 is 0 Å². The number of hydrogen-bond acceptors (Lipinski definition) is 4. The molecule has 0 bridgehead atoms. The van der Waals surface area contributed by atoms with Crippen LogP contribution in [0.25, 0.3) is 0 Å². The van der Waals surface area contributed by atoms with Gasteiger partial charge in [0, 0.05) is 23.0 Å². The number of pyridine rings is 1. The summed E-state index contributed by atoms with van der Waals surface area (Å²) in [4.78, 5) is 18.2. The zero-order valence-corrected chi connectivity index (χ0v) is 12.9. The molecule has 6 heteroatoms. The molecule has 108 valence electrons. The molecule has 2 aromatic rings. The van der Waals surface area contributed by atoms with E-state index < -0.39 is 0 Å². The van der Waals surface area contributed by atoms with Crippen molar-refractivity contribution in [3.63, 3.8) is 0 Å². The molecule has 0 aliphatic carbocycles. The minimum absolute atomic E-state index is 0.0365. The molecule has 1 aliphatic rings. The van der Waals surface area contributed by atoms with Gasteiger partial charge in [-0.3, -0.25) is 14.7 Å². The Labute approximate surface area is 132 Å². The molecule has 1 aliphatic heterocycles. The van der Waals surface area contributed by atoms with Gasteiger partial charge in [0.05, 0.1) is 18.6 Å². The number of methoxy groups -OCH3 is 1. The molecule has 1 fully saturated rings. The second kappa shape index (κ2) is 5.95. The van der Waals surface area contributed by atoms with Gasteiger partial charge in [-0.25, -0.2) is 0 Å².